The maximum absolute atomic E-state index is 10.4. The van der Waals surface area contributed by atoms with E-state index >= 15 is 0 Å². The van der Waals surface area contributed by atoms with Crippen molar-refractivity contribution in [1.29, 1.82) is 0 Å². The molecule has 0 spiro atoms. The first-order valence-corrected chi connectivity index (χ1v) is 3.32. The van der Waals surface area contributed by atoms with Gasteiger partial charge in [0.2, 0.25) is 0 Å². The van der Waals surface area contributed by atoms with Crippen molar-refractivity contribution in [3.63, 3.8) is 0 Å². The molecular formula is C4H6INO2. The van der Waals surface area contributed by atoms with Crippen LogP contribution in [0.5, 0.6) is 0 Å². The number of nitrogens with zero attached hydrogens (tertiary/aromatic N) is 1. The van der Waals surface area contributed by atoms with Crippen LogP contribution in [-0.2, 0) is 9.63 Å². The molecule has 1 heterocycles. The van der Waals surface area contributed by atoms with Crippen molar-refractivity contribution in [3.8, 4) is 0 Å². The molecule has 0 aromatic rings. The molecular weight excluding hydrogens is 221 g/mol. The zero-order valence-electron chi connectivity index (χ0n) is 4.43. The van der Waals surface area contributed by atoms with Crippen LogP contribution in [0.25, 0.3) is 0 Å². The molecule has 1 aliphatic heterocycles. The maximum Gasteiger partial charge on any atom is 0.327 e. The van der Waals surface area contributed by atoms with Gasteiger partial charge in [0.15, 0.2) is 0 Å². The van der Waals surface area contributed by atoms with E-state index in [2.05, 4.69) is 4.84 Å². The Balaban J connectivity index is 2.51. The predicted molar refractivity (Wildman–Crippen MR) is 36.0 cm³/mol. The molecule has 0 aromatic heterocycles. The summed E-state index contributed by atoms with van der Waals surface area (Å²) in [7, 11) is 0. The van der Waals surface area contributed by atoms with Gasteiger partial charge < -0.3 is 4.84 Å². The second-order valence-corrected chi connectivity index (χ2v) is 2.74. The van der Waals surface area contributed by atoms with Crippen molar-refractivity contribution in [2.24, 2.45) is 0 Å². The number of hydrogen-bond donors (Lipinski definition) is 0. The van der Waals surface area contributed by atoms with Gasteiger partial charge in [0, 0.05) is 0 Å². The molecule has 0 aromatic carbocycles. The molecule has 1 rings (SSSR count). The summed E-state index contributed by atoms with van der Waals surface area (Å²) in [5.41, 5.74) is 0. The van der Waals surface area contributed by atoms with E-state index in [1.165, 1.54) is 0 Å². The fourth-order valence-electron chi connectivity index (χ4n) is 0.537. The number of halogens is 1. The monoisotopic (exact) mass is 227 g/mol. The normalized spacial score (nSPS) is 30.8. The van der Waals surface area contributed by atoms with Crippen LogP contribution in [0, 0.1) is 0 Å². The Hall–Kier alpha value is 0.160. The molecule has 1 aliphatic rings. The second kappa shape index (κ2) is 2.18. The Bertz CT molecular complexity index is 105. The van der Waals surface area contributed by atoms with E-state index < -0.39 is 0 Å². The molecule has 0 N–H and O–H groups in total. The van der Waals surface area contributed by atoms with Crippen molar-refractivity contribution in [3.05, 3.63) is 0 Å². The van der Waals surface area contributed by atoms with E-state index in [1.54, 1.807) is 3.28 Å². The molecule has 1 saturated heterocycles. The molecule has 1 unspecified atom stereocenters. The fourth-order valence-corrected chi connectivity index (χ4v) is 0.954. The number of hydrogen-bond acceptors (Lipinski definition) is 3. The molecule has 1 fully saturated rings. The van der Waals surface area contributed by atoms with Gasteiger partial charge in [-0.1, -0.05) is 3.28 Å². The smallest absolute Gasteiger partial charge is 0.327 e. The molecule has 0 bridgehead atoms. The molecule has 1 atom stereocenters. The molecule has 0 aliphatic carbocycles. The highest BCUT2D eigenvalue weighted by molar-refractivity contribution is 14.1. The van der Waals surface area contributed by atoms with Crippen molar-refractivity contribution >= 4 is 28.8 Å². The molecule has 3 nitrogen and oxygen atoms in total. The largest absolute Gasteiger partial charge is 0.358 e. The lowest BCUT2D eigenvalue weighted by Crippen LogP contribution is -2.12. The number of carbonyl (C=O) groups excluding carboxylic acids is 1. The summed E-state index contributed by atoms with van der Waals surface area (Å²) in [6, 6.07) is 0.239. The fraction of sp³-hybridized carbons (Fsp3) is 0.750. The van der Waals surface area contributed by atoms with Crippen LogP contribution >= 0.6 is 22.9 Å². The van der Waals surface area contributed by atoms with Crippen molar-refractivity contribution in [2.45, 2.75) is 19.4 Å². The highest BCUT2D eigenvalue weighted by Crippen LogP contribution is 2.18. The van der Waals surface area contributed by atoms with Crippen LogP contribution in [0.3, 0.4) is 0 Å². The number of carbonyl (C=O) groups is 1. The van der Waals surface area contributed by atoms with Crippen LogP contribution in [0.1, 0.15) is 13.3 Å². The predicted octanol–water partition coefficient (Wildman–Crippen LogP) is 0.889. The first-order valence-electron chi connectivity index (χ1n) is 2.36. The van der Waals surface area contributed by atoms with Gasteiger partial charge in [-0.05, 0) is 6.92 Å². The Morgan fingerprint density at radius 2 is 2.62 bits per heavy atom. The second-order valence-electron chi connectivity index (χ2n) is 1.79. The zero-order chi connectivity index (χ0) is 6.15. The Labute approximate surface area is 61.4 Å². The van der Waals surface area contributed by atoms with E-state index in [9.17, 15) is 4.79 Å². The lowest BCUT2D eigenvalue weighted by atomic mass is 10.3. The van der Waals surface area contributed by atoms with E-state index in [0.29, 0.717) is 6.42 Å². The summed E-state index contributed by atoms with van der Waals surface area (Å²) >= 11 is 1.96. The molecule has 46 valence electrons. The van der Waals surface area contributed by atoms with Crippen LogP contribution in [-0.4, -0.2) is 15.3 Å². The summed E-state index contributed by atoms with van der Waals surface area (Å²) in [5.74, 6) is -0.132. The average Bonchev–Trinajstić information content (AvgIpc) is 1.85. The molecule has 4 heteroatoms. The van der Waals surface area contributed by atoms with Gasteiger partial charge in [-0.3, -0.25) is 4.79 Å². The van der Waals surface area contributed by atoms with Gasteiger partial charge in [0.1, 0.15) is 0 Å². The van der Waals surface area contributed by atoms with Gasteiger partial charge in [-0.15, -0.1) is 0 Å². The van der Waals surface area contributed by atoms with E-state index in [4.69, 9.17) is 0 Å². The van der Waals surface area contributed by atoms with Crippen LogP contribution in [0.4, 0.5) is 0 Å². The van der Waals surface area contributed by atoms with E-state index in [-0.39, 0.29) is 12.0 Å². The first kappa shape index (κ1) is 6.28. The minimum atomic E-state index is -0.132. The maximum atomic E-state index is 10.4. The third-order valence-corrected chi connectivity index (χ3v) is 2.15. The summed E-state index contributed by atoms with van der Waals surface area (Å²) in [6.07, 6.45) is 0.517. The van der Waals surface area contributed by atoms with Gasteiger partial charge in [0.05, 0.1) is 35.3 Å². The van der Waals surface area contributed by atoms with Gasteiger partial charge >= 0.3 is 5.97 Å². The van der Waals surface area contributed by atoms with Gasteiger partial charge in [-0.25, -0.2) is 0 Å². The highest BCUT2D eigenvalue weighted by atomic mass is 127. The minimum Gasteiger partial charge on any atom is -0.358 e. The Morgan fingerprint density at radius 1 is 2.00 bits per heavy atom. The van der Waals surface area contributed by atoms with E-state index in [0.717, 1.165) is 0 Å². The van der Waals surface area contributed by atoms with Gasteiger partial charge in [0.25, 0.3) is 0 Å². The SMILES string of the molecule is CC1CC(=O)ON1I. The zero-order valence-corrected chi connectivity index (χ0v) is 6.58. The summed E-state index contributed by atoms with van der Waals surface area (Å²) in [6.45, 7) is 1.94. The molecule has 0 saturated carbocycles. The number of rotatable bonds is 0. The molecule has 0 radical (unpaired) electrons. The third-order valence-electron chi connectivity index (χ3n) is 0.998. The summed E-state index contributed by atoms with van der Waals surface area (Å²) in [4.78, 5) is 15.0. The molecule has 8 heavy (non-hydrogen) atoms. The first-order chi connectivity index (χ1) is 3.70. The minimum absolute atomic E-state index is 0.132. The van der Waals surface area contributed by atoms with Crippen molar-refractivity contribution < 1.29 is 9.63 Å². The van der Waals surface area contributed by atoms with Gasteiger partial charge in [-0.2, -0.15) is 0 Å². The van der Waals surface area contributed by atoms with Crippen molar-refractivity contribution in [1.82, 2.24) is 3.28 Å². The summed E-state index contributed by atoms with van der Waals surface area (Å²) in [5, 5.41) is 0. The standard InChI is InChI=1S/C4H6INO2/c1-3-2-4(7)8-6(3)5/h3H,2H2,1H3. The lowest BCUT2D eigenvalue weighted by molar-refractivity contribution is -0.152. The Kier molecular flexibility index (Phi) is 1.71. The lowest BCUT2D eigenvalue weighted by Gasteiger charge is -2.05. The molecule has 0 amide bonds. The van der Waals surface area contributed by atoms with E-state index in [1.807, 2.05) is 29.8 Å². The quantitative estimate of drug-likeness (QED) is 0.454. The number of hydroxylamine groups is 1. The van der Waals surface area contributed by atoms with Crippen LogP contribution in [0.15, 0.2) is 0 Å². The van der Waals surface area contributed by atoms with Crippen molar-refractivity contribution in [2.75, 3.05) is 0 Å². The highest BCUT2D eigenvalue weighted by Gasteiger charge is 2.26. The summed E-state index contributed by atoms with van der Waals surface area (Å²) < 4.78 is 1.54. The van der Waals surface area contributed by atoms with Crippen LogP contribution < -0.4 is 0 Å². The third kappa shape index (κ3) is 1.11. The Morgan fingerprint density at radius 3 is 2.75 bits per heavy atom. The average molecular weight is 227 g/mol. The topological polar surface area (TPSA) is 29.5 Å². The van der Waals surface area contributed by atoms with Crippen LogP contribution in [0.2, 0.25) is 0 Å².